The zero-order chi connectivity index (χ0) is 27.9. The monoisotopic (exact) mass is 560 g/mol. The van der Waals surface area contributed by atoms with Crippen LogP contribution in [0.2, 0.25) is 0 Å². The Labute approximate surface area is 240 Å². The van der Waals surface area contributed by atoms with E-state index in [2.05, 4.69) is 10.5 Å². The van der Waals surface area contributed by atoms with Crippen molar-refractivity contribution >= 4 is 17.6 Å². The van der Waals surface area contributed by atoms with Crippen LogP contribution in [0.3, 0.4) is 0 Å². The van der Waals surface area contributed by atoms with Crippen molar-refractivity contribution in [3.8, 4) is 5.75 Å². The quantitative estimate of drug-likeness (QED) is 0.334. The van der Waals surface area contributed by atoms with Crippen LogP contribution in [0.15, 0.2) is 22.7 Å². The molecular weight excluding hydrogens is 520 g/mol. The molecule has 8 nitrogen and oxygen atoms in total. The molecule has 6 aliphatic carbocycles. The van der Waals surface area contributed by atoms with Crippen molar-refractivity contribution in [2.75, 3.05) is 11.9 Å². The number of hydrogen-bond donors (Lipinski definition) is 2. The Kier molecular flexibility index (Phi) is 5.86. The summed E-state index contributed by atoms with van der Waals surface area (Å²) in [6, 6.07) is 4.63. The average Bonchev–Trinajstić information content (AvgIpc) is 3.89. The largest absolute Gasteiger partial charge is 0.492 e. The molecule has 6 saturated carbocycles. The lowest BCUT2D eigenvalue weighted by molar-refractivity contribution is -0.121. The molecule has 6 aliphatic rings. The molecule has 5 atom stereocenters. The smallest absolute Gasteiger partial charge is 0.335 e. The van der Waals surface area contributed by atoms with E-state index in [-0.39, 0.29) is 28.9 Å². The fourth-order valence-corrected chi connectivity index (χ4v) is 9.03. The summed E-state index contributed by atoms with van der Waals surface area (Å²) in [5, 5.41) is 17.0. The van der Waals surface area contributed by atoms with Gasteiger partial charge < -0.3 is 24.4 Å². The summed E-state index contributed by atoms with van der Waals surface area (Å²) in [7, 11) is 0. The SMILES string of the molecule is CCOc1cc(C(=O)O)ccc1NC(=O)C1C2CC(OCc3c(C4CCC5(CC4)CC5)noc3C3CC3)C3CC[C@@]321. The van der Waals surface area contributed by atoms with Crippen LogP contribution in [0.1, 0.15) is 117 Å². The third kappa shape index (κ3) is 4.15. The first-order valence-electron chi connectivity index (χ1n) is 15.8. The first-order valence-corrected chi connectivity index (χ1v) is 15.8. The number of carbonyl (C=O) groups excluding carboxylic acids is 1. The number of ether oxygens (including phenoxy) is 2. The van der Waals surface area contributed by atoms with Crippen LogP contribution in [0.5, 0.6) is 5.75 Å². The highest BCUT2D eigenvalue weighted by Gasteiger charge is 2.79. The number of benzene rings is 1. The van der Waals surface area contributed by atoms with Crippen LogP contribution in [0, 0.1) is 28.6 Å². The molecule has 41 heavy (non-hydrogen) atoms. The van der Waals surface area contributed by atoms with Gasteiger partial charge in [-0.05, 0) is 118 Å². The van der Waals surface area contributed by atoms with E-state index < -0.39 is 5.97 Å². The predicted octanol–water partition coefficient (Wildman–Crippen LogP) is 6.66. The molecule has 0 radical (unpaired) electrons. The maximum atomic E-state index is 13.5. The summed E-state index contributed by atoms with van der Waals surface area (Å²) in [6.45, 7) is 2.82. The van der Waals surface area contributed by atoms with Gasteiger partial charge in [0.2, 0.25) is 5.91 Å². The van der Waals surface area contributed by atoms with Crippen molar-refractivity contribution in [2.45, 2.75) is 102 Å². The van der Waals surface area contributed by atoms with Crippen LogP contribution in [0.25, 0.3) is 0 Å². The second-order valence-electron chi connectivity index (χ2n) is 13.8. The number of anilines is 1. The summed E-state index contributed by atoms with van der Waals surface area (Å²) in [4.78, 5) is 24.9. The number of nitrogens with one attached hydrogen (secondary N) is 1. The number of aromatic carboxylic acids is 1. The van der Waals surface area contributed by atoms with Crippen molar-refractivity contribution in [3.05, 3.63) is 40.8 Å². The van der Waals surface area contributed by atoms with E-state index in [1.807, 2.05) is 6.92 Å². The van der Waals surface area contributed by atoms with E-state index in [1.54, 1.807) is 6.07 Å². The maximum absolute atomic E-state index is 13.5. The molecule has 8 rings (SSSR count). The maximum Gasteiger partial charge on any atom is 0.335 e. The number of carboxylic acid groups (broad SMARTS) is 1. The van der Waals surface area contributed by atoms with Gasteiger partial charge in [-0.3, -0.25) is 4.79 Å². The second-order valence-corrected chi connectivity index (χ2v) is 13.8. The molecule has 1 aromatic carbocycles. The fourth-order valence-electron chi connectivity index (χ4n) is 9.03. The lowest BCUT2D eigenvalue weighted by Crippen LogP contribution is -2.39. The van der Waals surface area contributed by atoms with Gasteiger partial charge in [-0.25, -0.2) is 4.79 Å². The number of aromatic nitrogens is 1. The Morgan fingerprint density at radius 1 is 1.05 bits per heavy atom. The summed E-state index contributed by atoms with van der Waals surface area (Å²) < 4.78 is 18.3. The molecule has 0 aliphatic heterocycles. The number of nitrogens with zero attached hydrogens (tertiary/aromatic N) is 1. The molecule has 1 amide bonds. The molecule has 2 spiro atoms. The highest BCUT2D eigenvalue weighted by molar-refractivity contribution is 5.98. The van der Waals surface area contributed by atoms with E-state index in [4.69, 9.17) is 14.0 Å². The predicted molar refractivity (Wildman–Crippen MR) is 150 cm³/mol. The lowest BCUT2D eigenvalue weighted by Gasteiger charge is -2.39. The molecule has 2 N–H and O–H groups in total. The molecule has 2 aromatic rings. The van der Waals surface area contributed by atoms with Crippen LogP contribution >= 0.6 is 0 Å². The second kappa shape index (κ2) is 9.32. The number of carbonyl (C=O) groups is 2. The summed E-state index contributed by atoms with van der Waals surface area (Å²) in [5.41, 5.74) is 3.80. The number of carboxylic acids is 1. The molecule has 0 saturated heterocycles. The first-order chi connectivity index (χ1) is 19.9. The Morgan fingerprint density at radius 3 is 2.49 bits per heavy atom. The molecular formula is C33H40N2O6. The topological polar surface area (TPSA) is 111 Å². The first kappa shape index (κ1) is 25.8. The zero-order valence-electron chi connectivity index (χ0n) is 23.8. The van der Waals surface area contributed by atoms with E-state index in [0.717, 1.165) is 25.0 Å². The van der Waals surface area contributed by atoms with Crippen LogP contribution in [-0.4, -0.2) is 34.9 Å². The zero-order valence-corrected chi connectivity index (χ0v) is 23.8. The van der Waals surface area contributed by atoms with Gasteiger partial charge in [-0.1, -0.05) is 5.16 Å². The van der Waals surface area contributed by atoms with Gasteiger partial charge in [0.05, 0.1) is 36.3 Å². The normalized spacial score (nSPS) is 32.6. The lowest BCUT2D eigenvalue weighted by atomic mass is 9.68. The Bertz CT molecular complexity index is 1380. The van der Waals surface area contributed by atoms with Crippen LogP contribution in [0.4, 0.5) is 5.69 Å². The van der Waals surface area contributed by atoms with Gasteiger partial charge in [-0.2, -0.15) is 0 Å². The van der Waals surface area contributed by atoms with Crippen molar-refractivity contribution in [1.29, 1.82) is 0 Å². The average molecular weight is 561 g/mol. The van der Waals surface area contributed by atoms with Crippen molar-refractivity contribution in [2.24, 2.45) is 28.6 Å². The Hall–Kier alpha value is -2.87. The minimum atomic E-state index is -1.02. The summed E-state index contributed by atoms with van der Waals surface area (Å²) >= 11 is 0. The molecule has 6 fully saturated rings. The van der Waals surface area contributed by atoms with Gasteiger partial charge in [0.25, 0.3) is 0 Å². The number of rotatable bonds is 10. The van der Waals surface area contributed by atoms with Gasteiger partial charge in [0, 0.05) is 23.3 Å². The Balaban J connectivity index is 0.930. The summed E-state index contributed by atoms with van der Waals surface area (Å²) in [5.74, 6) is 2.24. The molecule has 218 valence electrons. The molecule has 1 heterocycles. The van der Waals surface area contributed by atoms with Crippen LogP contribution < -0.4 is 10.1 Å². The van der Waals surface area contributed by atoms with Gasteiger partial charge in [0.15, 0.2) is 0 Å². The fraction of sp³-hybridized carbons (Fsp3) is 0.667. The van der Waals surface area contributed by atoms with E-state index in [9.17, 15) is 14.7 Å². The van der Waals surface area contributed by atoms with Gasteiger partial charge >= 0.3 is 5.97 Å². The highest BCUT2D eigenvalue weighted by atomic mass is 16.5. The minimum Gasteiger partial charge on any atom is -0.492 e. The number of hydrogen-bond acceptors (Lipinski definition) is 6. The molecule has 1 aromatic heterocycles. The van der Waals surface area contributed by atoms with Crippen LogP contribution in [-0.2, 0) is 16.1 Å². The number of amides is 1. The summed E-state index contributed by atoms with van der Waals surface area (Å²) in [6.07, 6.45) is 13.6. The molecule has 8 heteroatoms. The van der Waals surface area contributed by atoms with Crippen molar-refractivity contribution in [3.63, 3.8) is 0 Å². The van der Waals surface area contributed by atoms with Crippen molar-refractivity contribution in [1.82, 2.24) is 5.16 Å². The van der Waals surface area contributed by atoms with E-state index in [1.165, 1.54) is 74.8 Å². The van der Waals surface area contributed by atoms with Crippen molar-refractivity contribution < 1.29 is 28.7 Å². The van der Waals surface area contributed by atoms with Gasteiger partial charge in [-0.15, -0.1) is 0 Å². The minimum absolute atomic E-state index is 0.0140. The Morgan fingerprint density at radius 2 is 1.85 bits per heavy atom. The third-order valence-electron chi connectivity index (χ3n) is 11.8. The molecule has 4 unspecified atom stereocenters. The standard InChI is InChI=1S/C33H40N2O6/c1-2-39-26-15-20(31(37)38)5-6-24(26)34-30(36)27-23-16-25(22-9-12-33(22,23)27)40-17-21-28(35-41-29(21)19-3-4-19)18-7-10-32(11-8-18)13-14-32/h5-6,15,18-19,22-23,25,27H,2-4,7-14,16-17H2,1H3,(H,34,36)(H,37,38)/t22?,23?,25?,27?,33-/m1/s1. The third-order valence-corrected chi connectivity index (χ3v) is 11.8. The highest BCUT2D eigenvalue weighted by Crippen LogP contribution is 2.80. The van der Waals surface area contributed by atoms with E-state index >= 15 is 0 Å². The van der Waals surface area contributed by atoms with Gasteiger partial charge in [0.1, 0.15) is 11.5 Å². The van der Waals surface area contributed by atoms with E-state index in [0.29, 0.717) is 53.7 Å². The molecule has 0 bridgehead atoms.